The Morgan fingerprint density at radius 2 is 1.11 bits per heavy atom. The highest BCUT2D eigenvalue weighted by Crippen LogP contribution is 2.41. The number of anilines is 7. The van der Waals surface area contributed by atoms with Crippen LogP contribution in [-0.4, -0.2) is 19.9 Å². The lowest BCUT2D eigenvalue weighted by molar-refractivity contribution is 0.325. The highest BCUT2D eigenvalue weighted by Gasteiger charge is 2.20. The molecule has 0 saturated carbocycles. The van der Waals surface area contributed by atoms with Crippen molar-refractivity contribution >= 4 is 72.9 Å². The predicted octanol–water partition coefficient (Wildman–Crippen LogP) is 17.9. The van der Waals surface area contributed by atoms with Gasteiger partial charge in [-0.1, -0.05) is 148 Å². The van der Waals surface area contributed by atoms with E-state index >= 15 is 0 Å². The number of benzene rings is 8. The molecule has 0 radical (unpaired) electrons. The Morgan fingerprint density at radius 3 is 1.73 bits per heavy atom. The van der Waals surface area contributed by atoms with Crippen LogP contribution in [0.2, 0.25) is 0 Å². The molecule has 0 amide bonds. The number of para-hydroxylation sites is 5. The van der Waals surface area contributed by atoms with Crippen molar-refractivity contribution in [2.45, 2.75) is 20.8 Å². The van der Waals surface area contributed by atoms with Gasteiger partial charge in [-0.05, 0) is 127 Å². The summed E-state index contributed by atoms with van der Waals surface area (Å²) in [4.78, 5) is 4.43. The normalized spacial score (nSPS) is 13.3. The van der Waals surface area contributed by atoms with E-state index in [1.54, 1.807) is 6.92 Å². The van der Waals surface area contributed by atoms with Crippen LogP contribution in [-0.2, 0) is 0 Å². The van der Waals surface area contributed by atoms with E-state index in [9.17, 15) is 15.3 Å². The van der Waals surface area contributed by atoms with Gasteiger partial charge in [0.2, 0.25) is 0 Å². The Morgan fingerprint density at radius 1 is 0.571 bits per heavy atom. The van der Waals surface area contributed by atoms with Gasteiger partial charge in [0.15, 0.2) is 5.76 Å². The number of nitrogens with one attached hydrogen (secondary N) is 1. The zero-order valence-electron chi connectivity index (χ0n) is 39.6. The molecule has 1 aliphatic rings. The Bertz CT molecular complexity index is 3300. The molecule has 1 aliphatic heterocycles. The Balaban J connectivity index is 0.000000261. The summed E-state index contributed by atoms with van der Waals surface area (Å²) in [5.41, 5.74) is 13.8. The summed E-state index contributed by atoms with van der Waals surface area (Å²) in [6.07, 6.45) is 9.05. The summed E-state index contributed by atoms with van der Waals surface area (Å²) in [5.74, 6) is -0.859. The van der Waals surface area contributed by atoms with E-state index in [1.807, 2.05) is 122 Å². The standard InChI is InChI=1S/C43H35N3O3.C18H15N.C2H6/c1-28-12-9-10-23-45(35-16-11-15-34(26-35)44-33-13-5-4-6-14-33)39-21-19-31(24-37(28)39)32-20-22-41-38(25-32)36-17-7-8-18-40(36)46(41)42(27-47)29(2)43(49)30(3)48;1-4-10-16(11-5-1)19(17-12-6-2-7-13-17)18-14-8-3-9-15-18;1-2/h4-27,44,47-49H,1,3H2,2H3;1-15H;1-2H3/b12-9-,23-10-,42-27+,43-29+;;. The fourth-order valence-corrected chi connectivity index (χ4v) is 8.56. The summed E-state index contributed by atoms with van der Waals surface area (Å²) in [5, 5.41) is 36.2. The minimum Gasteiger partial charge on any atom is -0.513 e. The highest BCUT2D eigenvalue weighted by molar-refractivity contribution is 6.12. The van der Waals surface area contributed by atoms with E-state index in [2.05, 4.69) is 156 Å². The van der Waals surface area contributed by atoms with Gasteiger partial charge in [-0.3, -0.25) is 0 Å². The number of aliphatic hydroxyl groups is 3. The van der Waals surface area contributed by atoms with E-state index < -0.39 is 5.76 Å². The van der Waals surface area contributed by atoms with Gasteiger partial charge in [0.05, 0.1) is 22.4 Å². The first-order chi connectivity index (χ1) is 34.3. The van der Waals surface area contributed by atoms with Crippen molar-refractivity contribution in [3.8, 4) is 11.1 Å². The third kappa shape index (κ3) is 10.2. The molecule has 7 nitrogen and oxygen atoms in total. The molecule has 10 rings (SSSR count). The SMILES string of the molecule is C=C(O)/C(O)=C(C)\C(=C/O)n1c2ccccc2c2cc(-c3ccc4c(c3)C(=C)/C=C\C=C/N4c3cccc(Nc4ccccc4)c3)ccc21.CC.c1ccc(N(c2ccccc2)c2ccccc2)cc1. The van der Waals surface area contributed by atoms with Gasteiger partial charge in [0.25, 0.3) is 0 Å². The van der Waals surface area contributed by atoms with Gasteiger partial charge in [-0.25, -0.2) is 0 Å². The van der Waals surface area contributed by atoms with Gasteiger partial charge < -0.3 is 35.0 Å². The second-order valence-electron chi connectivity index (χ2n) is 16.2. The fourth-order valence-electron chi connectivity index (χ4n) is 8.56. The molecule has 0 fully saturated rings. The molecule has 0 spiro atoms. The van der Waals surface area contributed by atoms with Crippen LogP contribution in [0.4, 0.5) is 39.8 Å². The van der Waals surface area contributed by atoms with Crippen LogP contribution in [0.3, 0.4) is 0 Å². The largest absolute Gasteiger partial charge is 0.513 e. The molecule has 9 aromatic rings. The molecule has 2 heterocycles. The quantitative estimate of drug-likeness (QED) is 0.0808. The molecule has 8 aromatic carbocycles. The lowest BCUT2D eigenvalue weighted by Crippen LogP contribution is -2.11. The molecule has 346 valence electrons. The minimum atomic E-state index is -0.471. The minimum absolute atomic E-state index is 0.287. The molecule has 70 heavy (non-hydrogen) atoms. The molecular formula is C63H56N4O3. The third-order valence-electron chi connectivity index (χ3n) is 11.9. The van der Waals surface area contributed by atoms with Gasteiger partial charge in [0, 0.05) is 62.2 Å². The van der Waals surface area contributed by atoms with Gasteiger partial charge in [0.1, 0.15) is 12.0 Å². The second-order valence-corrected chi connectivity index (χ2v) is 16.2. The maximum atomic E-state index is 10.5. The maximum Gasteiger partial charge on any atom is 0.161 e. The van der Waals surface area contributed by atoms with Crippen molar-refractivity contribution in [3.63, 3.8) is 0 Å². The van der Waals surface area contributed by atoms with Crippen molar-refractivity contribution in [1.82, 2.24) is 4.57 Å². The monoisotopic (exact) mass is 916 g/mol. The van der Waals surface area contributed by atoms with E-state index in [0.29, 0.717) is 5.70 Å². The highest BCUT2D eigenvalue weighted by atomic mass is 16.3. The molecule has 0 unspecified atom stereocenters. The molecule has 0 bridgehead atoms. The summed E-state index contributed by atoms with van der Waals surface area (Å²) < 4.78 is 1.88. The van der Waals surface area contributed by atoms with E-state index in [4.69, 9.17) is 0 Å². The molecule has 4 N–H and O–H groups in total. The number of fused-ring (bicyclic) bond motifs is 4. The van der Waals surface area contributed by atoms with Crippen molar-refractivity contribution in [1.29, 1.82) is 0 Å². The van der Waals surface area contributed by atoms with Crippen LogP contribution >= 0.6 is 0 Å². The van der Waals surface area contributed by atoms with Crippen LogP contribution in [0.5, 0.6) is 0 Å². The Hall–Kier alpha value is -9.20. The maximum absolute atomic E-state index is 10.5. The number of nitrogens with zero attached hydrogens (tertiary/aromatic N) is 3. The van der Waals surface area contributed by atoms with Crippen LogP contribution in [0.15, 0.2) is 267 Å². The lowest BCUT2D eigenvalue weighted by atomic mass is 9.95. The summed E-state index contributed by atoms with van der Waals surface area (Å²) in [6.45, 7) is 13.5. The van der Waals surface area contributed by atoms with Crippen molar-refractivity contribution in [3.05, 3.63) is 273 Å². The molecule has 1 aromatic heterocycles. The van der Waals surface area contributed by atoms with E-state index in [0.717, 1.165) is 73.1 Å². The first-order valence-corrected chi connectivity index (χ1v) is 23.3. The number of aliphatic hydroxyl groups excluding tert-OH is 3. The zero-order chi connectivity index (χ0) is 49.0. The third-order valence-corrected chi connectivity index (χ3v) is 11.9. The second kappa shape index (κ2) is 22.1. The number of hydrogen-bond donors (Lipinski definition) is 4. The average Bonchev–Trinajstić information content (AvgIpc) is 3.73. The number of allylic oxidation sites excluding steroid dienone is 6. The molecule has 0 saturated heterocycles. The van der Waals surface area contributed by atoms with E-state index in [1.165, 1.54) is 17.1 Å². The van der Waals surface area contributed by atoms with Gasteiger partial charge >= 0.3 is 0 Å². The summed E-state index contributed by atoms with van der Waals surface area (Å²) >= 11 is 0. The van der Waals surface area contributed by atoms with E-state index in [-0.39, 0.29) is 11.3 Å². The number of rotatable bonds is 10. The van der Waals surface area contributed by atoms with Crippen molar-refractivity contribution < 1.29 is 15.3 Å². The smallest absolute Gasteiger partial charge is 0.161 e. The first kappa shape index (κ1) is 47.3. The van der Waals surface area contributed by atoms with Gasteiger partial charge in [-0.2, -0.15) is 0 Å². The van der Waals surface area contributed by atoms with Crippen LogP contribution < -0.4 is 15.1 Å². The topological polar surface area (TPSA) is 84.1 Å². The Labute approximate surface area is 410 Å². The average molecular weight is 917 g/mol. The van der Waals surface area contributed by atoms with Crippen molar-refractivity contribution in [2.75, 3.05) is 15.1 Å². The molecule has 0 atom stereocenters. The number of aromatic nitrogens is 1. The van der Waals surface area contributed by atoms with Gasteiger partial charge in [-0.15, -0.1) is 0 Å². The first-order valence-electron chi connectivity index (χ1n) is 23.3. The van der Waals surface area contributed by atoms with Crippen molar-refractivity contribution in [2.24, 2.45) is 0 Å². The lowest BCUT2D eigenvalue weighted by Gasteiger charge is -2.26. The molecular weight excluding hydrogens is 861 g/mol. The molecule has 7 heteroatoms. The number of hydrogen-bond acceptors (Lipinski definition) is 6. The zero-order valence-corrected chi connectivity index (χ0v) is 39.6. The predicted molar refractivity (Wildman–Crippen MR) is 297 cm³/mol. The fraction of sp³-hybridized carbons (Fsp3) is 0.0476. The van der Waals surface area contributed by atoms with Crippen LogP contribution in [0.25, 0.3) is 44.2 Å². The Kier molecular flexibility index (Phi) is 14.9. The summed E-state index contributed by atoms with van der Waals surface area (Å²) in [7, 11) is 0. The molecule has 0 aliphatic carbocycles. The summed E-state index contributed by atoms with van der Waals surface area (Å²) in [6, 6.07) is 70.3. The van der Waals surface area contributed by atoms with Crippen LogP contribution in [0.1, 0.15) is 26.3 Å². The van der Waals surface area contributed by atoms with Crippen LogP contribution in [0, 0.1) is 0 Å².